The Morgan fingerprint density at radius 1 is 1.13 bits per heavy atom. The van der Waals surface area contributed by atoms with Crippen LogP contribution in [0.5, 0.6) is 5.88 Å². The van der Waals surface area contributed by atoms with Gasteiger partial charge < -0.3 is 10.1 Å². The molecule has 206 valence electrons. The number of Topliss-reactive ketones (excluding diaryl/α,β-unsaturated/α-hetero) is 1. The molecule has 2 heterocycles. The van der Waals surface area contributed by atoms with E-state index in [2.05, 4.69) is 15.7 Å². The van der Waals surface area contributed by atoms with Gasteiger partial charge in [-0.15, -0.1) is 5.10 Å². The van der Waals surface area contributed by atoms with Crippen LogP contribution >= 0.6 is 0 Å². The number of hydrogen-bond donors (Lipinski definition) is 2. The van der Waals surface area contributed by atoms with E-state index in [0.29, 0.717) is 48.1 Å². The number of ketones is 1. The lowest BCUT2D eigenvalue weighted by Crippen LogP contribution is -2.42. The molecule has 0 bridgehead atoms. The fourth-order valence-electron chi connectivity index (χ4n) is 4.58. The fourth-order valence-corrected chi connectivity index (χ4v) is 4.58. The molecule has 5 rings (SSSR count). The molecular formula is C28H31F2N5O4. The van der Waals surface area contributed by atoms with Crippen LogP contribution in [0.3, 0.4) is 0 Å². The zero-order chi connectivity index (χ0) is 27.5. The lowest BCUT2D eigenvalue weighted by atomic mass is 10.0. The highest BCUT2D eigenvalue weighted by atomic mass is 19.2. The normalized spacial score (nSPS) is 19.2. The molecule has 39 heavy (non-hydrogen) atoms. The van der Waals surface area contributed by atoms with Crippen molar-refractivity contribution < 1.29 is 27.9 Å². The summed E-state index contributed by atoms with van der Waals surface area (Å²) in [6.07, 6.45) is 1.96. The summed E-state index contributed by atoms with van der Waals surface area (Å²) in [7, 11) is 0. The molecule has 2 atom stereocenters. The van der Waals surface area contributed by atoms with E-state index in [-0.39, 0.29) is 18.3 Å². The average Bonchev–Trinajstić information content (AvgIpc) is 3.57. The number of anilines is 1. The van der Waals surface area contributed by atoms with Crippen LogP contribution in [0.25, 0.3) is 5.69 Å². The number of benzene rings is 2. The van der Waals surface area contributed by atoms with E-state index in [0.717, 1.165) is 25.0 Å². The number of aromatic nitrogens is 2. The molecular weight excluding hydrogens is 508 g/mol. The van der Waals surface area contributed by atoms with Crippen molar-refractivity contribution >= 4 is 17.6 Å². The summed E-state index contributed by atoms with van der Waals surface area (Å²) >= 11 is 0. The minimum atomic E-state index is -0.986. The summed E-state index contributed by atoms with van der Waals surface area (Å²) in [5.74, 6) is -0.840. The van der Waals surface area contributed by atoms with Crippen LogP contribution < -0.4 is 15.4 Å². The Hall–Kier alpha value is -3.83. The van der Waals surface area contributed by atoms with Crippen LogP contribution in [-0.4, -0.2) is 52.4 Å². The fraction of sp³-hybridized carbons (Fsp3) is 0.393. The molecule has 9 nitrogen and oxygen atoms in total. The lowest BCUT2D eigenvalue weighted by molar-refractivity contribution is -0.144. The Labute approximate surface area is 225 Å². The molecule has 1 aliphatic carbocycles. The molecule has 1 aromatic heterocycles. The maximum atomic E-state index is 13.9. The average molecular weight is 540 g/mol. The van der Waals surface area contributed by atoms with Crippen molar-refractivity contribution in [3.63, 3.8) is 0 Å². The van der Waals surface area contributed by atoms with E-state index in [4.69, 9.17) is 9.57 Å². The lowest BCUT2D eigenvalue weighted by Gasteiger charge is -2.19. The number of amides is 2. The van der Waals surface area contributed by atoms with Gasteiger partial charge in [0.05, 0.1) is 17.3 Å². The summed E-state index contributed by atoms with van der Waals surface area (Å²) in [4.78, 5) is 31.4. The SMILES string of the molecule is CCN1C[C@@H](NC(=O)Nc2c(C)c(OCC(=O)CC3CC3)nn2-c2ccccc2)[C@H](c2ccc(F)c(F)c2)O1. The summed E-state index contributed by atoms with van der Waals surface area (Å²) in [6, 6.07) is 11.7. The first-order chi connectivity index (χ1) is 18.8. The number of nitrogens with zero attached hydrogens (tertiary/aromatic N) is 3. The molecule has 1 saturated carbocycles. The molecule has 0 spiro atoms. The number of carbonyl (C=O) groups is 2. The molecule has 2 fully saturated rings. The number of ether oxygens (including phenoxy) is 1. The number of para-hydroxylation sites is 1. The van der Waals surface area contributed by atoms with E-state index in [9.17, 15) is 18.4 Å². The van der Waals surface area contributed by atoms with Gasteiger partial charge in [0.15, 0.2) is 17.4 Å². The molecule has 2 N–H and O–H groups in total. The van der Waals surface area contributed by atoms with Gasteiger partial charge in [0.1, 0.15) is 18.5 Å². The van der Waals surface area contributed by atoms with Crippen molar-refractivity contribution in [1.82, 2.24) is 20.2 Å². The van der Waals surface area contributed by atoms with Gasteiger partial charge in [-0.25, -0.2) is 18.3 Å². The molecule has 3 aromatic rings. The second-order valence-electron chi connectivity index (χ2n) is 9.89. The third kappa shape index (κ3) is 6.26. The number of hydrogen-bond acceptors (Lipinski definition) is 6. The molecule has 1 aliphatic heterocycles. The minimum Gasteiger partial charge on any atom is -0.468 e. The minimum absolute atomic E-state index is 0.0170. The summed E-state index contributed by atoms with van der Waals surface area (Å²) < 4.78 is 34.8. The number of rotatable bonds is 10. The second kappa shape index (κ2) is 11.5. The van der Waals surface area contributed by atoms with Crippen LogP contribution in [0, 0.1) is 24.5 Å². The van der Waals surface area contributed by atoms with Crippen molar-refractivity contribution in [2.24, 2.45) is 5.92 Å². The van der Waals surface area contributed by atoms with Gasteiger partial charge in [0, 0.05) is 19.5 Å². The van der Waals surface area contributed by atoms with Crippen LogP contribution in [0.1, 0.15) is 43.4 Å². The van der Waals surface area contributed by atoms with Crippen LogP contribution in [-0.2, 0) is 9.63 Å². The molecule has 0 unspecified atom stereocenters. The van der Waals surface area contributed by atoms with E-state index < -0.39 is 29.8 Å². The molecule has 0 radical (unpaired) electrons. The van der Waals surface area contributed by atoms with Crippen LogP contribution in [0.4, 0.5) is 19.4 Å². The zero-order valence-corrected chi connectivity index (χ0v) is 21.8. The monoisotopic (exact) mass is 539 g/mol. The van der Waals surface area contributed by atoms with Crippen LogP contribution in [0.2, 0.25) is 0 Å². The van der Waals surface area contributed by atoms with E-state index in [1.54, 1.807) is 16.7 Å². The highest BCUT2D eigenvalue weighted by Crippen LogP contribution is 2.33. The maximum Gasteiger partial charge on any atom is 0.320 e. The largest absolute Gasteiger partial charge is 0.468 e. The standard InChI is InChI=1S/C28H31F2N5O4/c1-3-34-15-24(25(39-34)19-11-12-22(29)23(30)14-19)31-28(37)32-26-17(2)27(38-16-21(36)13-18-9-10-18)33-35(26)20-7-5-4-6-8-20/h4-8,11-12,14,18,24-25H,3,9-10,13,15-16H2,1-2H3,(H2,31,32,37)/t24-,25+/m1/s1. The van der Waals surface area contributed by atoms with Gasteiger partial charge in [-0.05, 0) is 55.5 Å². The molecule has 11 heteroatoms. The van der Waals surface area contributed by atoms with Crippen molar-refractivity contribution in [1.29, 1.82) is 0 Å². The van der Waals surface area contributed by atoms with Gasteiger partial charge in [0.25, 0.3) is 0 Å². The van der Waals surface area contributed by atoms with E-state index in [1.807, 2.05) is 37.3 Å². The van der Waals surface area contributed by atoms with Crippen molar-refractivity contribution in [2.75, 3.05) is 25.0 Å². The third-order valence-corrected chi connectivity index (χ3v) is 6.86. The third-order valence-electron chi connectivity index (χ3n) is 6.86. The Morgan fingerprint density at radius 3 is 2.59 bits per heavy atom. The Balaban J connectivity index is 1.34. The van der Waals surface area contributed by atoms with Gasteiger partial charge in [0.2, 0.25) is 5.88 Å². The van der Waals surface area contributed by atoms with Gasteiger partial charge in [-0.3, -0.25) is 14.9 Å². The quantitative estimate of drug-likeness (QED) is 0.388. The maximum absolute atomic E-state index is 13.9. The van der Waals surface area contributed by atoms with Gasteiger partial charge >= 0.3 is 6.03 Å². The Bertz CT molecular complexity index is 1350. The number of halogens is 2. The van der Waals surface area contributed by atoms with Gasteiger partial charge in [-0.1, -0.05) is 31.2 Å². The molecule has 1 saturated heterocycles. The Morgan fingerprint density at radius 2 is 1.90 bits per heavy atom. The van der Waals surface area contributed by atoms with Crippen molar-refractivity contribution in [3.8, 4) is 11.6 Å². The predicted molar refractivity (Wildman–Crippen MR) is 140 cm³/mol. The van der Waals surface area contributed by atoms with E-state index in [1.165, 1.54) is 6.07 Å². The summed E-state index contributed by atoms with van der Waals surface area (Å²) in [6.45, 7) is 4.45. The second-order valence-corrected chi connectivity index (χ2v) is 9.89. The topological polar surface area (TPSA) is 97.7 Å². The van der Waals surface area contributed by atoms with Gasteiger partial charge in [-0.2, -0.15) is 5.06 Å². The summed E-state index contributed by atoms with van der Waals surface area (Å²) in [5, 5.41) is 11.9. The Kier molecular flexibility index (Phi) is 7.89. The molecule has 2 amide bonds. The molecule has 2 aromatic carbocycles. The highest BCUT2D eigenvalue weighted by Gasteiger charge is 2.36. The van der Waals surface area contributed by atoms with E-state index >= 15 is 0 Å². The summed E-state index contributed by atoms with van der Waals surface area (Å²) in [5.41, 5.74) is 1.66. The predicted octanol–water partition coefficient (Wildman–Crippen LogP) is 4.71. The number of nitrogens with one attached hydrogen (secondary N) is 2. The highest BCUT2D eigenvalue weighted by molar-refractivity contribution is 5.90. The van der Waals surface area contributed by atoms with Crippen LogP contribution in [0.15, 0.2) is 48.5 Å². The first kappa shape index (κ1) is 26.8. The first-order valence-electron chi connectivity index (χ1n) is 13.1. The molecule has 2 aliphatic rings. The number of likely N-dealkylation sites (N-methyl/N-ethyl adjacent to an activating group) is 1. The van der Waals surface area contributed by atoms with Crippen molar-refractivity contribution in [2.45, 2.75) is 45.3 Å². The number of carbonyl (C=O) groups excluding carboxylic acids is 2. The first-order valence-corrected chi connectivity index (χ1v) is 13.1. The zero-order valence-electron chi connectivity index (χ0n) is 21.8. The smallest absolute Gasteiger partial charge is 0.320 e. The van der Waals surface area contributed by atoms with Crippen molar-refractivity contribution in [3.05, 3.63) is 71.3 Å². The number of urea groups is 1. The number of hydroxylamine groups is 2.